The summed E-state index contributed by atoms with van der Waals surface area (Å²) in [5.74, 6) is -2.08. The molecule has 2 aromatic rings. The van der Waals surface area contributed by atoms with Gasteiger partial charge in [0.1, 0.15) is 11.2 Å². The Bertz CT molecular complexity index is 1460. The fourth-order valence-electron chi connectivity index (χ4n) is 5.42. The van der Waals surface area contributed by atoms with Gasteiger partial charge in [-0.2, -0.15) is 4.99 Å². The number of benzene rings is 1. The SMILES string of the molecule is [2H]C([2H])([2H])C(O)([C@H]1C[C@]1(C1=NC(=C=O)ON1)n1c(C(=O)O)cc2cc([C@H]3CCOC(C)(C)C3)ccc21)C([2H])([2H])[2H]. The molecule has 180 valence electrons. The molecule has 3 heterocycles. The van der Waals surface area contributed by atoms with Crippen LogP contribution in [0, 0.1) is 5.92 Å². The molecule has 0 amide bonds. The molecule has 0 spiro atoms. The molecule has 5 rings (SSSR count). The summed E-state index contributed by atoms with van der Waals surface area (Å²) >= 11 is 0. The number of rotatable bonds is 5. The maximum absolute atomic E-state index is 12.5. The number of hydroxylamine groups is 1. The van der Waals surface area contributed by atoms with Crippen LogP contribution in [0.3, 0.4) is 0 Å². The maximum atomic E-state index is 12.5. The van der Waals surface area contributed by atoms with Crippen LogP contribution in [0.2, 0.25) is 0 Å². The molecule has 0 bridgehead atoms. The zero-order valence-electron chi connectivity index (χ0n) is 24.7. The number of aromatic nitrogens is 1. The number of ether oxygens (including phenoxy) is 1. The number of fused-ring (bicyclic) bond motifs is 1. The number of carbonyl (C=O) groups excluding carboxylic acids is 1. The fourth-order valence-corrected chi connectivity index (χ4v) is 5.42. The fraction of sp³-hybridized carbons (Fsp3) is 0.520. The average Bonchev–Trinajstić information content (AvgIpc) is 3.21. The lowest BCUT2D eigenvalue weighted by atomic mass is 9.83. The van der Waals surface area contributed by atoms with Crippen LogP contribution < -0.4 is 5.48 Å². The van der Waals surface area contributed by atoms with Gasteiger partial charge in [-0.1, -0.05) is 6.07 Å². The monoisotopic (exact) mass is 473 g/mol. The number of carbonyl (C=O) groups is 1. The summed E-state index contributed by atoms with van der Waals surface area (Å²) in [5.41, 5.74) is -1.96. The summed E-state index contributed by atoms with van der Waals surface area (Å²) < 4.78 is 54.9. The second-order valence-electron chi connectivity index (χ2n) is 9.81. The molecular weight excluding hydrogens is 438 g/mol. The number of amidine groups is 1. The summed E-state index contributed by atoms with van der Waals surface area (Å²) in [6.07, 6.45) is 1.21. The first kappa shape index (κ1) is 16.5. The van der Waals surface area contributed by atoms with Gasteiger partial charge in [-0.3, -0.25) is 0 Å². The quantitative estimate of drug-likeness (QED) is 0.570. The zero-order valence-corrected chi connectivity index (χ0v) is 18.7. The number of hydrogen-bond donors (Lipinski definition) is 3. The third-order valence-corrected chi connectivity index (χ3v) is 7.00. The minimum Gasteiger partial charge on any atom is -0.477 e. The summed E-state index contributed by atoms with van der Waals surface area (Å²) in [6, 6.07) is 6.80. The van der Waals surface area contributed by atoms with E-state index in [0.29, 0.717) is 17.5 Å². The molecule has 0 unspecified atom stereocenters. The van der Waals surface area contributed by atoms with Crippen molar-refractivity contribution in [1.29, 1.82) is 0 Å². The molecule has 3 aliphatic rings. The number of hydrogen-bond acceptors (Lipinski definition) is 7. The minimum atomic E-state index is -3.39. The van der Waals surface area contributed by atoms with Gasteiger partial charge >= 0.3 is 11.9 Å². The van der Waals surface area contributed by atoms with Gasteiger partial charge in [0, 0.05) is 31.7 Å². The molecule has 2 aliphatic heterocycles. The smallest absolute Gasteiger partial charge is 0.352 e. The standard InChI is InChI=1S/C25H29N3O6/c1-23(2)11-15(7-8-33-23)14-5-6-17-16(9-14)10-18(21(30)31)28(17)25(12-19(25)24(3,4)32)22-26-20(13-29)34-27-22/h5-6,9-10,15,19,32H,7-8,11-12H2,1-4H3,(H,26,27)(H,30,31)/t15-,19+,25-/m0/s1/i3D3,4D3. The predicted octanol–water partition coefficient (Wildman–Crippen LogP) is 3.10. The Hall–Kier alpha value is -3.13. The van der Waals surface area contributed by atoms with Crippen molar-refractivity contribution in [3.8, 4) is 0 Å². The van der Waals surface area contributed by atoms with Crippen LogP contribution in [-0.2, 0) is 19.9 Å². The Labute approximate surface area is 205 Å². The molecule has 3 atom stereocenters. The Balaban J connectivity index is 1.73. The van der Waals surface area contributed by atoms with Gasteiger partial charge in [0.05, 0.1) is 11.2 Å². The predicted molar refractivity (Wildman–Crippen MR) is 124 cm³/mol. The van der Waals surface area contributed by atoms with Crippen LogP contribution in [0.5, 0.6) is 0 Å². The number of nitrogens with zero attached hydrogens (tertiary/aromatic N) is 2. The van der Waals surface area contributed by atoms with Gasteiger partial charge in [0.15, 0.2) is 11.8 Å². The zero-order chi connectivity index (χ0) is 29.5. The Kier molecular flexibility index (Phi) is 3.61. The van der Waals surface area contributed by atoms with Crippen molar-refractivity contribution in [2.45, 2.75) is 69.5 Å². The van der Waals surface area contributed by atoms with Crippen molar-refractivity contribution in [3.05, 3.63) is 41.4 Å². The first-order valence-corrected chi connectivity index (χ1v) is 11.0. The molecule has 1 aromatic heterocycles. The van der Waals surface area contributed by atoms with E-state index < -0.39 is 42.6 Å². The lowest BCUT2D eigenvalue weighted by Crippen LogP contribution is -2.42. The second kappa shape index (κ2) is 7.43. The van der Waals surface area contributed by atoms with Crippen LogP contribution >= 0.6 is 0 Å². The van der Waals surface area contributed by atoms with Crippen LogP contribution in [0.15, 0.2) is 35.1 Å². The van der Waals surface area contributed by atoms with Crippen molar-refractivity contribution in [1.82, 2.24) is 10.0 Å². The van der Waals surface area contributed by atoms with Crippen molar-refractivity contribution < 1.29 is 37.6 Å². The summed E-state index contributed by atoms with van der Waals surface area (Å²) in [5, 5.41) is 22.1. The number of carboxylic acids is 1. The van der Waals surface area contributed by atoms with Crippen molar-refractivity contribution in [3.63, 3.8) is 0 Å². The highest BCUT2D eigenvalue weighted by Gasteiger charge is 2.67. The van der Waals surface area contributed by atoms with Crippen LogP contribution in [-0.4, -0.2) is 50.3 Å². The first-order chi connectivity index (χ1) is 18.5. The topological polar surface area (TPSA) is 122 Å². The van der Waals surface area contributed by atoms with Gasteiger partial charge in [-0.05, 0) is 76.5 Å². The lowest BCUT2D eigenvalue weighted by molar-refractivity contribution is -0.0592. The van der Waals surface area contributed by atoms with Crippen LogP contribution in [0.4, 0.5) is 0 Å². The van der Waals surface area contributed by atoms with E-state index in [-0.39, 0.29) is 29.5 Å². The van der Waals surface area contributed by atoms with E-state index in [9.17, 15) is 19.8 Å². The van der Waals surface area contributed by atoms with Crippen molar-refractivity contribution in [2.24, 2.45) is 10.9 Å². The molecule has 3 N–H and O–H groups in total. The Morgan fingerprint density at radius 1 is 1.35 bits per heavy atom. The summed E-state index contributed by atoms with van der Waals surface area (Å²) in [4.78, 5) is 32.8. The molecule has 9 nitrogen and oxygen atoms in total. The first-order valence-electron chi connectivity index (χ1n) is 14.0. The highest BCUT2D eigenvalue weighted by Crippen LogP contribution is 2.58. The number of aromatic carboxylic acids is 1. The molecule has 0 radical (unpaired) electrons. The maximum Gasteiger partial charge on any atom is 0.352 e. The van der Waals surface area contributed by atoms with Gasteiger partial charge < -0.3 is 24.4 Å². The van der Waals surface area contributed by atoms with Crippen LogP contribution in [0.1, 0.15) is 77.0 Å². The third-order valence-electron chi connectivity index (χ3n) is 7.00. The average molecular weight is 474 g/mol. The van der Waals surface area contributed by atoms with E-state index in [1.54, 1.807) is 6.07 Å². The molecule has 34 heavy (non-hydrogen) atoms. The molecule has 1 saturated heterocycles. The van der Waals surface area contributed by atoms with Crippen molar-refractivity contribution in [2.75, 3.05) is 6.61 Å². The van der Waals surface area contributed by atoms with E-state index in [1.807, 2.05) is 26.0 Å². The molecule has 9 heteroatoms. The summed E-state index contributed by atoms with van der Waals surface area (Å²) in [6.45, 7) is -2.19. The number of carboxylic acid groups (broad SMARTS) is 1. The van der Waals surface area contributed by atoms with Crippen LogP contribution in [0.25, 0.3) is 10.9 Å². The van der Waals surface area contributed by atoms with Gasteiger partial charge in [-0.25, -0.2) is 15.1 Å². The van der Waals surface area contributed by atoms with E-state index in [1.165, 1.54) is 16.6 Å². The Morgan fingerprint density at radius 2 is 2.15 bits per heavy atom. The molecule has 2 fully saturated rings. The number of aliphatic imine (C=N–C) groups is 1. The number of aliphatic hydroxyl groups is 1. The minimum absolute atomic E-state index is 0.151. The van der Waals surface area contributed by atoms with Gasteiger partial charge in [0.25, 0.3) is 0 Å². The van der Waals surface area contributed by atoms with Gasteiger partial charge in [-0.15, -0.1) is 0 Å². The van der Waals surface area contributed by atoms with Crippen molar-refractivity contribution >= 4 is 28.6 Å². The normalized spacial score (nSPS) is 31.5. The Morgan fingerprint density at radius 3 is 2.79 bits per heavy atom. The molecular formula is C25H29N3O6. The summed E-state index contributed by atoms with van der Waals surface area (Å²) in [7, 11) is 0. The third kappa shape index (κ3) is 3.52. The van der Waals surface area contributed by atoms with Gasteiger partial charge in [0.2, 0.25) is 0 Å². The largest absolute Gasteiger partial charge is 0.477 e. The van der Waals surface area contributed by atoms with E-state index in [2.05, 4.69) is 10.5 Å². The highest BCUT2D eigenvalue weighted by molar-refractivity contribution is 6.01. The second-order valence-corrected chi connectivity index (χ2v) is 9.81. The highest BCUT2D eigenvalue weighted by atomic mass is 16.7. The van der Waals surface area contributed by atoms with E-state index in [4.69, 9.17) is 17.8 Å². The lowest BCUT2D eigenvalue weighted by Gasteiger charge is -2.35. The molecule has 1 saturated carbocycles. The number of nitrogens with one attached hydrogen (secondary N) is 1. The molecule has 1 aliphatic carbocycles. The van der Waals surface area contributed by atoms with E-state index >= 15 is 0 Å². The molecule has 1 aromatic carbocycles. The van der Waals surface area contributed by atoms with E-state index in [0.717, 1.165) is 18.4 Å².